The fourth-order valence-corrected chi connectivity index (χ4v) is 6.50. The van der Waals surface area contributed by atoms with Gasteiger partial charge in [0.15, 0.2) is 10.8 Å². The first-order valence-electron chi connectivity index (χ1n) is 11.2. The van der Waals surface area contributed by atoms with Gasteiger partial charge >= 0.3 is 6.18 Å². The third kappa shape index (κ3) is 4.14. The van der Waals surface area contributed by atoms with Gasteiger partial charge in [-0.2, -0.15) is 13.2 Å². The Morgan fingerprint density at radius 2 is 2.00 bits per heavy atom. The van der Waals surface area contributed by atoms with Crippen LogP contribution in [0.4, 0.5) is 13.2 Å². The van der Waals surface area contributed by atoms with Crippen LogP contribution in [0.3, 0.4) is 0 Å². The van der Waals surface area contributed by atoms with Crippen molar-refractivity contribution in [2.24, 2.45) is 0 Å². The van der Waals surface area contributed by atoms with E-state index in [9.17, 15) is 23.1 Å². The maximum atomic E-state index is 14.0. The zero-order valence-electron chi connectivity index (χ0n) is 19.1. The number of hydrogen-bond acceptors (Lipinski definition) is 7. The van der Waals surface area contributed by atoms with Crippen molar-refractivity contribution in [1.82, 2.24) is 14.5 Å². The molecule has 6 nitrogen and oxygen atoms in total. The number of benzene rings is 2. The summed E-state index contributed by atoms with van der Waals surface area (Å²) in [7, 11) is 1.57. The number of thiazole rings is 1. The Bertz CT molecular complexity index is 1760. The molecule has 5 aromatic rings. The van der Waals surface area contributed by atoms with Crippen molar-refractivity contribution < 1.29 is 23.0 Å². The summed E-state index contributed by atoms with van der Waals surface area (Å²) in [5.74, 6) is 1.13. The van der Waals surface area contributed by atoms with Gasteiger partial charge < -0.3 is 9.84 Å². The summed E-state index contributed by atoms with van der Waals surface area (Å²) >= 11 is 7.73. The molecule has 1 saturated carbocycles. The molecule has 6 rings (SSSR count). The van der Waals surface area contributed by atoms with Crippen LogP contribution in [-0.4, -0.2) is 26.8 Å². The summed E-state index contributed by atoms with van der Waals surface area (Å²) in [6.07, 6.45) is -1.48. The normalized spacial score (nSPS) is 14.1. The molecule has 2 aromatic carbocycles. The van der Waals surface area contributed by atoms with Crippen molar-refractivity contribution in [3.63, 3.8) is 0 Å². The van der Waals surface area contributed by atoms with Crippen LogP contribution >= 0.6 is 34.3 Å². The maximum Gasteiger partial charge on any atom is 0.443 e. The van der Waals surface area contributed by atoms with E-state index in [4.69, 9.17) is 21.3 Å². The molecule has 1 aliphatic carbocycles. The molecule has 1 fully saturated rings. The van der Waals surface area contributed by atoms with Gasteiger partial charge in [-0.05, 0) is 48.6 Å². The Labute approximate surface area is 220 Å². The number of aromatic nitrogens is 3. The number of fused-ring (bicyclic) bond motifs is 3. The average molecular weight is 564 g/mol. The van der Waals surface area contributed by atoms with Gasteiger partial charge in [0.1, 0.15) is 16.4 Å². The van der Waals surface area contributed by atoms with Crippen LogP contribution in [0.1, 0.15) is 34.2 Å². The van der Waals surface area contributed by atoms with E-state index in [0.717, 1.165) is 35.9 Å². The van der Waals surface area contributed by atoms with E-state index in [1.807, 2.05) is 12.1 Å². The first-order chi connectivity index (χ1) is 17.7. The van der Waals surface area contributed by atoms with Crippen molar-refractivity contribution in [3.8, 4) is 22.9 Å². The number of phenols is 1. The van der Waals surface area contributed by atoms with E-state index in [1.165, 1.54) is 10.6 Å². The number of alkyl halides is 3. The Morgan fingerprint density at radius 3 is 2.68 bits per heavy atom. The number of aromatic hydroxyl groups is 1. The van der Waals surface area contributed by atoms with Crippen LogP contribution in [0.5, 0.6) is 11.5 Å². The lowest BCUT2D eigenvalue weighted by Crippen LogP contribution is -2.23. The molecular weight excluding hydrogens is 547 g/mol. The minimum Gasteiger partial charge on any atom is -0.505 e. The average Bonchev–Trinajstić information content (AvgIpc) is 3.47. The largest absolute Gasteiger partial charge is 0.505 e. The predicted molar refractivity (Wildman–Crippen MR) is 138 cm³/mol. The summed E-state index contributed by atoms with van der Waals surface area (Å²) in [4.78, 5) is 23.0. The number of phenolic OH excluding ortho intramolecular Hbond substituents is 1. The fourth-order valence-electron chi connectivity index (χ4n) is 4.41. The van der Waals surface area contributed by atoms with Gasteiger partial charge in [0.25, 0.3) is 5.56 Å². The molecule has 0 bridgehead atoms. The third-order valence-electron chi connectivity index (χ3n) is 6.31. The lowest BCUT2D eigenvalue weighted by atomic mass is 10.0. The number of hydrogen-bond donors (Lipinski definition) is 1. The standard InChI is InChI=1S/C25H17ClF3N3O3S2/c1-35-12-4-5-14(16(8-12)11-2-3-11)21-31-22-18(15-6-7-17(26)19(33)20(15)37-22)23(34)32(21)10-13-9-30-24(36-13)25(27,28)29/h4-9,11,33H,2-3,10H2,1H3. The first-order valence-corrected chi connectivity index (χ1v) is 13.2. The molecule has 1 N–H and O–H groups in total. The predicted octanol–water partition coefficient (Wildman–Crippen LogP) is 7.05. The molecule has 3 aromatic heterocycles. The molecular formula is C25H17ClF3N3O3S2. The van der Waals surface area contributed by atoms with Crippen molar-refractivity contribution in [2.75, 3.05) is 7.11 Å². The third-order valence-corrected chi connectivity index (χ3v) is 8.75. The molecule has 190 valence electrons. The molecule has 3 heterocycles. The Hall–Kier alpha value is -3.15. The van der Waals surface area contributed by atoms with Gasteiger partial charge in [0.05, 0.1) is 28.8 Å². The molecule has 12 heteroatoms. The number of thiophene rings is 1. The molecule has 0 radical (unpaired) electrons. The number of halogens is 4. The molecule has 37 heavy (non-hydrogen) atoms. The van der Waals surface area contributed by atoms with Crippen molar-refractivity contribution in [3.05, 3.63) is 67.4 Å². The molecule has 0 spiro atoms. The first kappa shape index (κ1) is 24.2. The molecule has 1 aliphatic rings. The lowest BCUT2D eigenvalue weighted by molar-refractivity contribution is -0.137. The number of rotatable bonds is 5. The Balaban J connectivity index is 1.63. The van der Waals surface area contributed by atoms with Crippen molar-refractivity contribution in [1.29, 1.82) is 0 Å². The van der Waals surface area contributed by atoms with Crippen LogP contribution < -0.4 is 10.3 Å². The fraction of sp³-hybridized carbons (Fsp3) is 0.240. The summed E-state index contributed by atoms with van der Waals surface area (Å²) in [6, 6.07) is 8.65. The van der Waals surface area contributed by atoms with Gasteiger partial charge in [0.2, 0.25) is 0 Å². The van der Waals surface area contributed by atoms with E-state index >= 15 is 0 Å². The monoisotopic (exact) mass is 563 g/mol. The van der Waals surface area contributed by atoms with Gasteiger partial charge in [-0.25, -0.2) is 9.97 Å². The van der Waals surface area contributed by atoms with Gasteiger partial charge in [-0.15, -0.1) is 22.7 Å². The molecule has 0 saturated heterocycles. The van der Waals surface area contributed by atoms with E-state index in [0.29, 0.717) is 43.4 Å². The smallest absolute Gasteiger partial charge is 0.443 e. The van der Waals surface area contributed by atoms with E-state index < -0.39 is 16.7 Å². The van der Waals surface area contributed by atoms with Crippen LogP contribution in [0.15, 0.2) is 41.3 Å². The van der Waals surface area contributed by atoms with Gasteiger partial charge in [0, 0.05) is 22.0 Å². The van der Waals surface area contributed by atoms with Crippen LogP contribution in [0, 0.1) is 0 Å². The molecule has 0 unspecified atom stereocenters. The van der Waals surface area contributed by atoms with Gasteiger partial charge in [-0.1, -0.05) is 17.7 Å². The number of methoxy groups -OCH3 is 1. The van der Waals surface area contributed by atoms with Crippen LogP contribution in [0.2, 0.25) is 5.02 Å². The SMILES string of the molecule is COc1ccc(-c2nc3sc4c(O)c(Cl)ccc4c3c(=O)n2Cc2cnc(C(F)(F)F)s2)c(C2CC2)c1. The highest BCUT2D eigenvalue weighted by molar-refractivity contribution is 7.25. The molecule has 0 atom stereocenters. The summed E-state index contributed by atoms with van der Waals surface area (Å²) < 4.78 is 46.9. The van der Waals surface area contributed by atoms with E-state index in [2.05, 4.69) is 4.98 Å². The second-order valence-electron chi connectivity index (χ2n) is 8.74. The topological polar surface area (TPSA) is 77.2 Å². The lowest BCUT2D eigenvalue weighted by Gasteiger charge is -2.16. The van der Waals surface area contributed by atoms with Crippen LogP contribution in [0.25, 0.3) is 31.7 Å². The summed E-state index contributed by atoms with van der Waals surface area (Å²) in [5, 5.41) is 10.4. The highest BCUT2D eigenvalue weighted by Crippen LogP contribution is 2.46. The summed E-state index contributed by atoms with van der Waals surface area (Å²) in [6.45, 7) is -0.141. The van der Waals surface area contributed by atoms with E-state index in [-0.39, 0.29) is 33.5 Å². The van der Waals surface area contributed by atoms with Crippen molar-refractivity contribution >= 4 is 54.6 Å². The van der Waals surface area contributed by atoms with Gasteiger partial charge in [-0.3, -0.25) is 9.36 Å². The zero-order valence-corrected chi connectivity index (χ0v) is 21.5. The molecule has 0 aliphatic heterocycles. The Kier molecular flexibility index (Phi) is 5.70. The number of ether oxygens (including phenoxy) is 1. The summed E-state index contributed by atoms with van der Waals surface area (Å²) in [5.41, 5.74) is 1.25. The Morgan fingerprint density at radius 1 is 1.22 bits per heavy atom. The van der Waals surface area contributed by atoms with Crippen molar-refractivity contribution in [2.45, 2.75) is 31.5 Å². The highest BCUT2D eigenvalue weighted by atomic mass is 35.5. The van der Waals surface area contributed by atoms with Crippen LogP contribution in [-0.2, 0) is 12.7 Å². The minimum absolute atomic E-state index is 0.141. The quantitative estimate of drug-likeness (QED) is 0.248. The highest BCUT2D eigenvalue weighted by Gasteiger charge is 2.35. The second kappa shape index (κ2) is 8.71. The molecule has 0 amide bonds. The maximum absolute atomic E-state index is 14.0. The minimum atomic E-state index is -4.58. The van der Waals surface area contributed by atoms with E-state index in [1.54, 1.807) is 19.2 Å². The number of nitrogens with zero attached hydrogens (tertiary/aromatic N) is 3. The zero-order chi connectivity index (χ0) is 26.1. The second-order valence-corrected chi connectivity index (χ2v) is 11.3.